The first-order chi connectivity index (χ1) is 8.83. The number of para-hydroxylation sites is 1. The van der Waals surface area contributed by atoms with E-state index in [0.717, 1.165) is 37.5 Å². The summed E-state index contributed by atoms with van der Waals surface area (Å²) >= 11 is 0. The van der Waals surface area contributed by atoms with E-state index in [4.69, 9.17) is 0 Å². The Morgan fingerprint density at radius 1 is 1.21 bits per heavy atom. The summed E-state index contributed by atoms with van der Waals surface area (Å²) in [6, 6.07) is 7.44. The molecular weight excluding hydrogens is 264 g/mol. The van der Waals surface area contributed by atoms with Crippen molar-refractivity contribution >= 4 is 10.9 Å². The number of nitrogens with one attached hydrogen (secondary N) is 2. The summed E-state index contributed by atoms with van der Waals surface area (Å²) in [5.41, 5.74) is 0.720. The lowest BCUT2D eigenvalue weighted by Gasteiger charge is -2.26. The third-order valence-electron chi connectivity index (χ3n) is 3.24. The van der Waals surface area contributed by atoms with Gasteiger partial charge in [0, 0.05) is 26.2 Å². The highest BCUT2D eigenvalue weighted by atomic mass is 35.5. The molecule has 2 N–H and O–H groups in total. The molecule has 19 heavy (non-hydrogen) atoms. The van der Waals surface area contributed by atoms with Gasteiger partial charge in [-0.3, -0.25) is 9.69 Å². The smallest absolute Gasteiger partial charge is 0.258 e. The minimum Gasteiger partial charge on any atom is -1.00 e. The average Bonchev–Trinajstić information content (AvgIpc) is 2.40. The lowest BCUT2D eigenvalue weighted by molar-refractivity contribution is -0.00000394. The number of fused-ring (bicyclic) bond motifs is 1. The Labute approximate surface area is 117 Å². The third kappa shape index (κ3) is 3.12. The van der Waals surface area contributed by atoms with Crippen LogP contribution in [0.4, 0.5) is 0 Å². The first-order valence-corrected chi connectivity index (χ1v) is 6.24. The first-order valence-electron chi connectivity index (χ1n) is 6.24. The van der Waals surface area contributed by atoms with Gasteiger partial charge >= 0.3 is 0 Å². The maximum Gasteiger partial charge on any atom is 0.258 e. The van der Waals surface area contributed by atoms with Crippen molar-refractivity contribution < 1.29 is 12.4 Å². The van der Waals surface area contributed by atoms with Crippen LogP contribution >= 0.6 is 0 Å². The summed E-state index contributed by atoms with van der Waals surface area (Å²) in [4.78, 5) is 21.6. The van der Waals surface area contributed by atoms with E-state index < -0.39 is 0 Å². The molecule has 3 rings (SSSR count). The molecule has 1 saturated heterocycles. The fraction of sp³-hybridized carbons (Fsp3) is 0.385. The number of nitrogens with zero attached hydrogens (tertiary/aromatic N) is 2. The van der Waals surface area contributed by atoms with Crippen LogP contribution in [0.15, 0.2) is 29.1 Å². The van der Waals surface area contributed by atoms with Gasteiger partial charge in [-0.25, -0.2) is 4.98 Å². The lowest BCUT2D eigenvalue weighted by Crippen LogP contribution is -3.00. The third-order valence-corrected chi connectivity index (χ3v) is 3.24. The molecule has 0 radical (unpaired) electrons. The zero-order valence-corrected chi connectivity index (χ0v) is 11.3. The van der Waals surface area contributed by atoms with E-state index in [2.05, 4.69) is 20.2 Å². The highest BCUT2D eigenvalue weighted by molar-refractivity contribution is 5.77. The van der Waals surface area contributed by atoms with Crippen molar-refractivity contribution in [3.8, 4) is 0 Å². The van der Waals surface area contributed by atoms with Crippen LogP contribution in [0, 0.1) is 0 Å². The molecule has 1 aromatic heterocycles. The van der Waals surface area contributed by atoms with Crippen molar-refractivity contribution in [2.75, 3.05) is 26.2 Å². The van der Waals surface area contributed by atoms with Crippen LogP contribution in [-0.2, 0) is 6.54 Å². The Hall–Kier alpha value is -1.43. The molecule has 0 aliphatic carbocycles. The minimum atomic E-state index is -0.0502. The van der Waals surface area contributed by atoms with Crippen LogP contribution in [0.2, 0.25) is 0 Å². The summed E-state index contributed by atoms with van der Waals surface area (Å²) < 4.78 is 0. The number of hydrogen-bond acceptors (Lipinski definition) is 4. The predicted octanol–water partition coefficient (Wildman–Crippen LogP) is -2.67. The average molecular weight is 280 g/mol. The van der Waals surface area contributed by atoms with Gasteiger partial charge < -0.3 is 22.7 Å². The van der Waals surface area contributed by atoms with Gasteiger partial charge in [0.15, 0.2) is 0 Å². The summed E-state index contributed by atoms with van der Waals surface area (Å²) in [5, 5.41) is 3.96. The molecule has 1 aliphatic heterocycles. The molecular formula is C13H16ClN4O-. The number of hydrogen-bond donors (Lipinski definition) is 2. The minimum absolute atomic E-state index is 0. The maximum atomic E-state index is 11.9. The monoisotopic (exact) mass is 279 g/mol. The van der Waals surface area contributed by atoms with Crippen molar-refractivity contribution in [3.63, 3.8) is 0 Å². The van der Waals surface area contributed by atoms with Gasteiger partial charge in [-0.1, -0.05) is 12.1 Å². The predicted molar refractivity (Wildman–Crippen MR) is 70.5 cm³/mol. The second-order valence-electron chi connectivity index (χ2n) is 4.56. The van der Waals surface area contributed by atoms with Gasteiger partial charge in [0.25, 0.3) is 5.56 Å². The molecule has 1 fully saturated rings. The van der Waals surface area contributed by atoms with Crippen molar-refractivity contribution in [1.29, 1.82) is 0 Å². The Bertz CT molecular complexity index is 607. The van der Waals surface area contributed by atoms with E-state index in [1.54, 1.807) is 6.07 Å². The molecule has 102 valence electrons. The lowest BCUT2D eigenvalue weighted by atomic mass is 10.2. The maximum absolute atomic E-state index is 11.9. The quantitative estimate of drug-likeness (QED) is 0.630. The molecule has 2 aromatic rings. The molecule has 0 spiro atoms. The van der Waals surface area contributed by atoms with Crippen molar-refractivity contribution in [3.05, 3.63) is 40.4 Å². The van der Waals surface area contributed by atoms with Crippen LogP contribution in [0.1, 0.15) is 5.82 Å². The standard InChI is InChI=1S/C13H16N4O.ClH/c18-13-10-3-1-2-4-11(10)15-12(16-13)9-17-7-5-14-6-8-17;/h1-4,14H,5-9H2,(H,15,16,18);1H/p-1. The Balaban J connectivity index is 0.00000133. The second-order valence-corrected chi connectivity index (χ2v) is 4.56. The van der Waals surface area contributed by atoms with Gasteiger partial charge in [0.2, 0.25) is 0 Å². The number of halogens is 1. The van der Waals surface area contributed by atoms with E-state index in [0.29, 0.717) is 11.9 Å². The van der Waals surface area contributed by atoms with Gasteiger partial charge in [-0.15, -0.1) is 0 Å². The Morgan fingerprint density at radius 2 is 1.95 bits per heavy atom. The second kappa shape index (κ2) is 6.14. The molecule has 2 heterocycles. The number of rotatable bonds is 2. The number of benzene rings is 1. The van der Waals surface area contributed by atoms with Gasteiger partial charge in [-0.2, -0.15) is 0 Å². The summed E-state index contributed by atoms with van der Waals surface area (Å²) in [5.74, 6) is 0.751. The zero-order chi connectivity index (χ0) is 12.4. The molecule has 0 saturated carbocycles. The fourth-order valence-electron chi connectivity index (χ4n) is 2.29. The van der Waals surface area contributed by atoms with Crippen LogP contribution in [0.3, 0.4) is 0 Å². The molecule has 5 nitrogen and oxygen atoms in total. The molecule has 1 aliphatic rings. The summed E-state index contributed by atoms with van der Waals surface area (Å²) in [6.45, 7) is 4.70. The van der Waals surface area contributed by atoms with Crippen LogP contribution < -0.4 is 23.3 Å². The Morgan fingerprint density at radius 3 is 2.74 bits per heavy atom. The van der Waals surface area contributed by atoms with Gasteiger partial charge in [0.1, 0.15) is 5.82 Å². The normalized spacial score (nSPS) is 16.2. The fourth-order valence-corrected chi connectivity index (χ4v) is 2.29. The number of aromatic nitrogens is 2. The van der Waals surface area contributed by atoms with Crippen molar-refractivity contribution in [1.82, 2.24) is 20.2 Å². The molecule has 0 atom stereocenters. The van der Waals surface area contributed by atoms with E-state index in [1.165, 1.54) is 0 Å². The van der Waals surface area contributed by atoms with Crippen LogP contribution in [-0.4, -0.2) is 41.0 Å². The highest BCUT2D eigenvalue weighted by Crippen LogP contribution is 2.07. The van der Waals surface area contributed by atoms with Gasteiger partial charge in [0.05, 0.1) is 17.4 Å². The van der Waals surface area contributed by atoms with Crippen molar-refractivity contribution in [2.24, 2.45) is 0 Å². The Kier molecular flexibility index (Phi) is 4.52. The summed E-state index contributed by atoms with van der Waals surface area (Å²) in [6.07, 6.45) is 0. The first kappa shape index (κ1) is 14.0. The topological polar surface area (TPSA) is 61.0 Å². The van der Waals surface area contributed by atoms with Crippen LogP contribution in [0.25, 0.3) is 10.9 Å². The molecule has 0 bridgehead atoms. The SMILES string of the molecule is O=c1[nH]c(CN2CCNCC2)nc2ccccc12.[Cl-]. The summed E-state index contributed by atoms with van der Waals surface area (Å²) in [7, 11) is 0. The number of aromatic amines is 1. The molecule has 6 heteroatoms. The van der Waals surface area contributed by atoms with Gasteiger partial charge in [-0.05, 0) is 12.1 Å². The van der Waals surface area contributed by atoms with E-state index in [-0.39, 0.29) is 18.0 Å². The van der Waals surface area contributed by atoms with Crippen LogP contribution in [0.5, 0.6) is 0 Å². The largest absolute Gasteiger partial charge is 1.00 e. The number of piperazine rings is 1. The molecule has 1 aromatic carbocycles. The van der Waals surface area contributed by atoms with E-state index >= 15 is 0 Å². The molecule has 0 unspecified atom stereocenters. The highest BCUT2D eigenvalue weighted by Gasteiger charge is 2.11. The molecule has 0 amide bonds. The zero-order valence-electron chi connectivity index (χ0n) is 10.5. The number of H-pyrrole nitrogens is 1. The van der Waals surface area contributed by atoms with E-state index in [1.807, 2.05) is 18.2 Å². The van der Waals surface area contributed by atoms with Crippen molar-refractivity contribution in [2.45, 2.75) is 6.54 Å². The van der Waals surface area contributed by atoms with E-state index in [9.17, 15) is 4.79 Å².